The number of nitrogens with zero attached hydrogens (tertiary/aromatic N) is 1. The molecule has 3 N–H and O–H groups in total. The van der Waals surface area contributed by atoms with E-state index < -0.39 is 17.5 Å². The van der Waals surface area contributed by atoms with Gasteiger partial charge >= 0.3 is 0 Å². The molecule has 0 spiro atoms. The molecule has 7 nitrogen and oxygen atoms in total. The van der Waals surface area contributed by atoms with Crippen LogP contribution in [0, 0.1) is 11.6 Å². The maximum absolute atomic E-state index is 13.4. The Morgan fingerprint density at radius 3 is 2.53 bits per heavy atom. The van der Waals surface area contributed by atoms with Gasteiger partial charge in [0.15, 0.2) is 0 Å². The number of rotatable bonds is 5. The molecular weight excluding hydrogens is 418 g/mol. The van der Waals surface area contributed by atoms with Crippen LogP contribution in [0.4, 0.5) is 14.5 Å². The van der Waals surface area contributed by atoms with Crippen molar-refractivity contribution in [3.63, 3.8) is 0 Å². The molecule has 0 fully saturated rings. The normalized spacial score (nSPS) is 15.4. The van der Waals surface area contributed by atoms with Crippen LogP contribution < -0.4 is 16.0 Å². The van der Waals surface area contributed by atoms with E-state index in [9.17, 15) is 23.2 Å². The van der Waals surface area contributed by atoms with Crippen molar-refractivity contribution in [1.82, 2.24) is 15.2 Å². The van der Waals surface area contributed by atoms with Crippen molar-refractivity contribution in [3.8, 4) is 0 Å². The Hall–Kier alpha value is -3.75. The Bertz CT molecular complexity index is 1220. The minimum atomic E-state index is -0.843. The Balaban J connectivity index is 1.62. The quantitative estimate of drug-likeness (QED) is 0.568. The first kappa shape index (κ1) is 21.5. The van der Waals surface area contributed by atoms with Crippen molar-refractivity contribution in [2.75, 3.05) is 11.9 Å². The van der Waals surface area contributed by atoms with Gasteiger partial charge in [0.25, 0.3) is 11.8 Å². The molecule has 0 saturated heterocycles. The third-order valence-corrected chi connectivity index (χ3v) is 5.19. The first-order valence-electron chi connectivity index (χ1n) is 10.2. The van der Waals surface area contributed by atoms with Gasteiger partial charge in [-0.15, -0.1) is 0 Å². The summed E-state index contributed by atoms with van der Waals surface area (Å²) >= 11 is 0. The third-order valence-electron chi connectivity index (χ3n) is 5.19. The van der Waals surface area contributed by atoms with Gasteiger partial charge in [-0.05, 0) is 50.2 Å². The number of carbonyl (C=O) groups excluding carboxylic acids is 3. The largest absolute Gasteiger partial charge is 0.354 e. The van der Waals surface area contributed by atoms with Crippen LogP contribution in [0.5, 0.6) is 0 Å². The Labute approximate surface area is 182 Å². The number of hydrogen-bond acceptors (Lipinski definition) is 3. The molecule has 2 aromatic carbocycles. The second kappa shape index (κ2) is 8.41. The van der Waals surface area contributed by atoms with Crippen LogP contribution in [-0.2, 0) is 4.79 Å². The van der Waals surface area contributed by atoms with Crippen LogP contribution in [0.3, 0.4) is 0 Å². The van der Waals surface area contributed by atoms with Crippen molar-refractivity contribution in [3.05, 3.63) is 65.4 Å². The highest BCUT2D eigenvalue weighted by atomic mass is 19.1. The number of carbonyl (C=O) groups is 3. The van der Waals surface area contributed by atoms with Crippen molar-refractivity contribution < 1.29 is 23.2 Å². The van der Waals surface area contributed by atoms with Gasteiger partial charge in [-0.1, -0.05) is 0 Å². The predicted octanol–water partition coefficient (Wildman–Crippen LogP) is 3.37. The number of aromatic nitrogens is 1. The molecule has 9 heteroatoms. The highest BCUT2D eigenvalue weighted by Gasteiger charge is 2.29. The van der Waals surface area contributed by atoms with E-state index >= 15 is 0 Å². The predicted molar refractivity (Wildman–Crippen MR) is 116 cm³/mol. The molecule has 0 bridgehead atoms. The maximum atomic E-state index is 13.4. The standard InChI is InChI=1S/C23H22F2N4O3/c1-12(2)27-21(30)10-18-11-26-23(32)20-8-13-7-17(3-4-19(13)29(18)20)28-22(31)14-5-15(24)9-16(25)6-14/h3-9,12,18H,10-11H2,1-2H3,(H,26,32)(H,27,30)(H,28,31). The first-order valence-corrected chi connectivity index (χ1v) is 10.2. The molecule has 1 aliphatic heterocycles. The summed E-state index contributed by atoms with van der Waals surface area (Å²) < 4.78 is 28.7. The summed E-state index contributed by atoms with van der Waals surface area (Å²) in [4.78, 5) is 37.1. The summed E-state index contributed by atoms with van der Waals surface area (Å²) in [7, 11) is 0. The summed E-state index contributed by atoms with van der Waals surface area (Å²) in [5.41, 5.74) is 1.43. The maximum Gasteiger partial charge on any atom is 0.268 e. The second-order valence-electron chi connectivity index (χ2n) is 8.08. The van der Waals surface area contributed by atoms with E-state index in [2.05, 4.69) is 16.0 Å². The lowest BCUT2D eigenvalue weighted by Crippen LogP contribution is -2.41. The van der Waals surface area contributed by atoms with E-state index in [0.717, 1.165) is 17.6 Å². The third kappa shape index (κ3) is 4.32. The van der Waals surface area contributed by atoms with Crippen molar-refractivity contribution in [1.29, 1.82) is 0 Å². The minimum Gasteiger partial charge on any atom is -0.354 e. The van der Waals surface area contributed by atoms with Gasteiger partial charge in [-0.25, -0.2) is 8.78 Å². The molecule has 1 atom stereocenters. The molecular formula is C23H22F2N4O3. The number of fused-ring (bicyclic) bond motifs is 3. The van der Waals surface area contributed by atoms with Crippen LogP contribution >= 0.6 is 0 Å². The summed E-state index contributed by atoms with van der Waals surface area (Å²) in [6.07, 6.45) is 0.207. The molecule has 32 heavy (non-hydrogen) atoms. The zero-order valence-electron chi connectivity index (χ0n) is 17.5. The Kier molecular flexibility index (Phi) is 5.65. The Morgan fingerprint density at radius 1 is 1.12 bits per heavy atom. The second-order valence-corrected chi connectivity index (χ2v) is 8.08. The lowest BCUT2D eigenvalue weighted by Gasteiger charge is -2.27. The van der Waals surface area contributed by atoms with Gasteiger partial charge in [0.05, 0.1) is 6.04 Å². The van der Waals surface area contributed by atoms with Gasteiger partial charge in [0.1, 0.15) is 17.3 Å². The molecule has 166 valence electrons. The average molecular weight is 440 g/mol. The molecule has 0 aliphatic carbocycles. The van der Waals surface area contributed by atoms with Gasteiger partial charge in [-0.3, -0.25) is 14.4 Å². The summed E-state index contributed by atoms with van der Waals surface area (Å²) in [5.74, 6) is -2.70. The number of amides is 3. The lowest BCUT2D eigenvalue weighted by atomic mass is 10.1. The number of anilines is 1. The zero-order chi connectivity index (χ0) is 23.0. The Morgan fingerprint density at radius 2 is 1.84 bits per heavy atom. The average Bonchev–Trinajstić information content (AvgIpc) is 3.08. The van der Waals surface area contributed by atoms with Crippen molar-refractivity contribution >= 4 is 34.3 Å². The zero-order valence-corrected chi connectivity index (χ0v) is 17.5. The van der Waals surface area contributed by atoms with Gasteiger partial charge in [-0.2, -0.15) is 0 Å². The number of benzene rings is 2. The number of halogens is 2. The van der Waals surface area contributed by atoms with E-state index in [0.29, 0.717) is 29.4 Å². The number of hydrogen-bond donors (Lipinski definition) is 3. The van der Waals surface area contributed by atoms with E-state index in [1.54, 1.807) is 24.3 Å². The highest BCUT2D eigenvalue weighted by Crippen LogP contribution is 2.30. The summed E-state index contributed by atoms with van der Waals surface area (Å²) in [6.45, 7) is 4.08. The van der Waals surface area contributed by atoms with Gasteiger partial charge < -0.3 is 20.5 Å². The summed E-state index contributed by atoms with van der Waals surface area (Å²) in [5, 5.41) is 8.97. The molecule has 1 aromatic heterocycles. The molecule has 3 amide bonds. The minimum absolute atomic E-state index is 0.0132. The van der Waals surface area contributed by atoms with Crippen LogP contribution in [0.15, 0.2) is 42.5 Å². The highest BCUT2D eigenvalue weighted by molar-refractivity contribution is 6.06. The molecule has 3 aromatic rings. The fourth-order valence-electron chi connectivity index (χ4n) is 3.92. The number of nitrogens with one attached hydrogen (secondary N) is 3. The van der Waals surface area contributed by atoms with Crippen LogP contribution in [0.2, 0.25) is 0 Å². The first-order chi connectivity index (χ1) is 15.2. The molecule has 1 unspecified atom stereocenters. The van der Waals surface area contributed by atoms with E-state index in [1.807, 2.05) is 18.4 Å². The molecule has 4 rings (SSSR count). The van der Waals surface area contributed by atoms with Gasteiger partial charge in [0.2, 0.25) is 5.91 Å². The van der Waals surface area contributed by atoms with E-state index in [1.165, 1.54) is 0 Å². The van der Waals surface area contributed by atoms with Crippen LogP contribution in [-0.4, -0.2) is 34.9 Å². The van der Waals surface area contributed by atoms with E-state index in [4.69, 9.17) is 0 Å². The lowest BCUT2D eigenvalue weighted by molar-refractivity contribution is -0.122. The summed E-state index contributed by atoms with van der Waals surface area (Å²) in [6, 6.07) is 9.09. The van der Waals surface area contributed by atoms with Crippen LogP contribution in [0.1, 0.15) is 47.2 Å². The van der Waals surface area contributed by atoms with Crippen LogP contribution in [0.25, 0.3) is 10.9 Å². The fourth-order valence-corrected chi connectivity index (χ4v) is 3.92. The molecule has 0 radical (unpaired) electrons. The molecule has 0 saturated carbocycles. The monoisotopic (exact) mass is 440 g/mol. The fraction of sp³-hybridized carbons (Fsp3) is 0.261. The topological polar surface area (TPSA) is 92.2 Å². The smallest absolute Gasteiger partial charge is 0.268 e. The van der Waals surface area contributed by atoms with Crippen molar-refractivity contribution in [2.45, 2.75) is 32.4 Å². The SMILES string of the molecule is CC(C)NC(=O)CC1CNC(=O)c2cc3cc(NC(=O)c4cc(F)cc(F)c4)ccc3n21. The van der Waals surface area contributed by atoms with E-state index in [-0.39, 0.29) is 35.9 Å². The van der Waals surface area contributed by atoms with Crippen molar-refractivity contribution in [2.24, 2.45) is 0 Å². The molecule has 2 heterocycles. The molecule has 1 aliphatic rings. The van der Waals surface area contributed by atoms with Gasteiger partial charge in [0, 0.05) is 47.2 Å².